The minimum Gasteiger partial charge on any atom is -0.325 e. The molecule has 0 bridgehead atoms. The maximum Gasteiger partial charge on any atom is 0.255 e. The van der Waals surface area contributed by atoms with Gasteiger partial charge in [0.25, 0.3) is 5.91 Å². The second-order valence-electron chi connectivity index (χ2n) is 7.78. The van der Waals surface area contributed by atoms with Gasteiger partial charge in [0.2, 0.25) is 5.91 Å². The van der Waals surface area contributed by atoms with E-state index in [1.165, 1.54) is 12.1 Å². The number of sulfone groups is 1. The summed E-state index contributed by atoms with van der Waals surface area (Å²) in [6.07, 6.45) is 1.13. The minimum absolute atomic E-state index is 0.151. The van der Waals surface area contributed by atoms with E-state index in [1.807, 2.05) is 24.3 Å². The van der Waals surface area contributed by atoms with Gasteiger partial charge >= 0.3 is 0 Å². The third-order valence-corrected chi connectivity index (χ3v) is 6.96. The molecule has 2 amide bonds. The predicted molar refractivity (Wildman–Crippen MR) is 134 cm³/mol. The first kappa shape index (κ1) is 22.8. The summed E-state index contributed by atoms with van der Waals surface area (Å²) in [5.74, 6) is -1.19. The number of benzene rings is 3. The van der Waals surface area contributed by atoms with E-state index in [2.05, 4.69) is 24.9 Å². The number of nitrogens with zero attached hydrogens (tertiary/aromatic N) is 1. The first-order valence-electron chi connectivity index (χ1n) is 10.1. The molecule has 1 heterocycles. The van der Waals surface area contributed by atoms with Crippen LogP contribution in [0.3, 0.4) is 0 Å². The first-order valence-corrected chi connectivity index (χ1v) is 12.6. The Morgan fingerprint density at radius 3 is 2.42 bits per heavy atom. The highest BCUT2D eigenvalue weighted by Gasteiger charge is 2.33. The van der Waals surface area contributed by atoms with Crippen molar-refractivity contribution in [2.45, 2.75) is 17.7 Å². The van der Waals surface area contributed by atoms with Crippen molar-refractivity contribution in [1.29, 1.82) is 0 Å². The summed E-state index contributed by atoms with van der Waals surface area (Å²) in [4.78, 5) is 29.8. The van der Waals surface area contributed by atoms with Gasteiger partial charge in [-0.2, -0.15) is 0 Å². The molecule has 0 saturated carbocycles. The fourth-order valence-electron chi connectivity index (χ4n) is 3.65. The molecule has 7 nitrogen and oxygen atoms in total. The summed E-state index contributed by atoms with van der Waals surface area (Å²) in [5.41, 5.74) is 3.44. The van der Waals surface area contributed by atoms with Crippen LogP contribution in [0.4, 0.5) is 17.1 Å². The third-order valence-electron chi connectivity index (χ3n) is 5.34. The zero-order chi connectivity index (χ0) is 23.8. The normalized spacial score (nSPS) is 15.7. The van der Waals surface area contributed by atoms with Gasteiger partial charge in [-0.3, -0.25) is 14.6 Å². The molecular formula is C24H22N3O4PS. The molecule has 33 heavy (non-hydrogen) atoms. The molecular weight excluding hydrogens is 457 g/mol. The fraction of sp³-hybridized carbons (Fsp3) is 0.125. The molecule has 2 N–H and O–H groups in total. The quantitative estimate of drug-likeness (QED) is 0.430. The molecule has 9 heteroatoms. The maximum absolute atomic E-state index is 12.6. The number of nitrogens with one attached hydrogen (secondary N) is 2. The number of hydrogen-bond donors (Lipinski definition) is 2. The maximum atomic E-state index is 12.6. The van der Waals surface area contributed by atoms with E-state index in [1.54, 1.807) is 37.3 Å². The minimum atomic E-state index is -3.41. The van der Waals surface area contributed by atoms with E-state index in [0.29, 0.717) is 33.9 Å². The molecule has 0 saturated heterocycles. The molecule has 0 aliphatic carbocycles. The molecule has 3 aromatic rings. The Hall–Kier alpha value is -3.35. The van der Waals surface area contributed by atoms with Crippen LogP contribution >= 0.6 is 9.24 Å². The summed E-state index contributed by atoms with van der Waals surface area (Å²) in [7, 11) is -0.826. The zero-order valence-electron chi connectivity index (χ0n) is 18.0. The average molecular weight is 479 g/mol. The molecule has 2 atom stereocenters. The monoisotopic (exact) mass is 479 g/mol. The summed E-state index contributed by atoms with van der Waals surface area (Å²) in [5, 5.41) is 6.53. The number of amides is 2. The van der Waals surface area contributed by atoms with Crippen LogP contribution < -0.4 is 15.9 Å². The molecule has 1 aliphatic rings. The fourth-order valence-corrected chi connectivity index (χ4v) is 4.58. The summed E-state index contributed by atoms with van der Waals surface area (Å²) < 4.78 is 23.9. The molecule has 4 rings (SSSR count). The Morgan fingerprint density at radius 1 is 1.06 bits per heavy atom. The van der Waals surface area contributed by atoms with Crippen LogP contribution in [0.5, 0.6) is 0 Å². The molecule has 1 aliphatic heterocycles. The van der Waals surface area contributed by atoms with Crippen molar-refractivity contribution in [3.05, 3.63) is 77.9 Å². The smallest absolute Gasteiger partial charge is 0.255 e. The lowest BCUT2D eigenvalue weighted by Gasteiger charge is -2.10. The van der Waals surface area contributed by atoms with Gasteiger partial charge < -0.3 is 10.6 Å². The van der Waals surface area contributed by atoms with Crippen molar-refractivity contribution < 1.29 is 18.0 Å². The van der Waals surface area contributed by atoms with E-state index < -0.39 is 15.8 Å². The van der Waals surface area contributed by atoms with Crippen molar-refractivity contribution >= 4 is 59.0 Å². The van der Waals surface area contributed by atoms with Crippen LogP contribution in [-0.4, -0.2) is 32.2 Å². The molecule has 0 fully saturated rings. The lowest BCUT2D eigenvalue weighted by Crippen LogP contribution is -2.18. The molecule has 0 aromatic heterocycles. The standard InChI is InChI=1S/C24H22N3O4PS/c1-14(22-18-13-17(33(2,30)31)11-12-19(18)26-24(22)29)25-16-9-7-15(8-10-16)23(28)27-20-5-3-4-6-21(20)32/h3-13,22H,32H2,1-2H3,(H,26,29)(H,27,28). The van der Waals surface area contributed by atoms with Crippen molar-refractivity contribution in [3.8, 4) is 0 Å². The number of anilines is 2. The van der Waals surface area contributed by atoms with Crippen LogP contribution in [0.15, 0.2) is 76.6 Å². The largest absolute Gasteiger partial charge is 0.325 e. The van der Waals surface area contributed by atoms with Gasteiger partial charge in [0.1, 0.15) is 5.92 Å². The SMILES string of the molecule is CC(=Nc1ccc(C(=O)Nc2ccccc2P)cc1)C1C(=O)Nc2ccc(S(C)(=O)=O)cc21. The molecule has 168 valence electrons. The number of aliphatic imine (C=N–C) groups is 1. The number of para-hydroxylation sites is 1. The van der Waals surface area contributed by atoms with E-state index in [9.17, 15) is 18.0 Å². The van der Waals surface area contributed by atoms with Gasteiger partial charge in [0.15, 0.2) is 9.84 Å². The molecule has 2 unspecified atom stereocenters. The van der Waals surface area contributed by atoms with Gasteiger partial charge in [0, 0.05) is 28.9 Å². The van der Waals surface area contributed by atoms with E-state index in [-0.39, 0.29) is 16.7 Å². The number of hydrogen-bond acceptors (Lipinski definition) is 5. The van der Waals surface area contributed by atoms with E-state index in [0.717, 1.165) is 11.6 Å². The average Bonchev–Trinajstić information content (AvgIpc) is 3.10. The number of carbonyl (C=O) groups excluding carboxylic acids is 2. The summed E-state index contributed by atoms with van der Waals surface area (Å²) in [6.45, 7) is 1.73. The summed E-state index contributed by atoms with van der Waals surface area (Å²) in [6, 6.07) is 18.8. The van der Waals surface area contributed by atoms with Gasteiger partial charge in [-0.05, 0) is 66.3 Å². The van der Waals surface area contributed by atoms with Crippen LogP contribution in [0.1, 0.15) is 28.8 Å². The Kier molecular flexibility index (Phi) is 6.15. The highest BCUT2D eigenvalue weighted by Crippen LogP contribution is 2.36. The predicted octanol–water partition coefficient (Wildman–Crippen LogP) is 3.67. The Bertz CT molecular complexity index is 1400. The topological polar surface area (TPSA) is 105 Å². The van der Waals surface area contributed by atoms with Crippen molar-refractivity contribution in [2.75, 3.05) is 16.9 Å². The second kappa shape index (κ2) is 8.89. The van der Waals surface area contributed by atoms with E-state index in [4.69, 9.17) is 0 Å². The van der Waals surface area contributed by atoms with Gasteiger partial charge in [-0.1, -0.05) is 18.2 Å². The molecule has 3 aromatic carbocycles. The number of carbonyl (C=O) groups is 2. The van der Waals surface area contributed by atoms with Crippen molar-refractivity contribution in [1.82, 2.24) is 0 Å². The molecule has 0 radical (unpaired) electrons. The Labute approximate surface area is 194 Å². The van der Waals surface area contributed by atoms with Crippen molar-refractivity contribution in [2.24, 2.45) is 4.99 Å². The van der Waals surface area contributed by atoms with Gasteiger partial charge in [-0.25, -0.2) is 8.42 Å². The molecule has 0 spiro atoms. The first-order chi connectivity index (χ1) is 15.6. The van der Waals surface area contributed by atoms with Crippen molar-refractivity contribution in [3.63, 3.8) is 0 Å². The zero-order valence-corrected chi connectivity index (χ0v) is 20.0. The van der Waals surface area contributed by atoms with Crippen LogP contribution in [0, 0.1) is 0 Å². The van der Waals surface area contributed by atoms with E-state index >= 15 is 0 Å². The lowest BCUT2D eigenvalue weighted by atomic mass is 9.96. The highest BCUT2D eigenvalue weighted by molar-refractivity contribution is 7.90. The number of rotatable bonds is 5. The highest BCUT2D eigenvalue weighted by atomic mass is 32.2. The van der Waals surface area contributed by atoms with Crippen LogP contribution in [0.25, 0.3) is 0 Å². The van der Waals surface area contributed by atoms with Crippen LogP contribution in [-0.2, 0) is 14.6 Å². The van der Waals surface area contributed by atoms with Gasteiger partial charge in [0.05, 0.1) is 10.6 Å². The van der Waals surface area contributed by atoms with Crippen LogP contribution in [0.2, 0.25) is 0 Å². The Morgan fingerprint density at radius 2 is 1.76 bits per heavy atom. The second-order valence-corrected chi connectivity index (χ2v) is 10.4. The Balaban J connectivity index is 1.56. The van der Waals surface area contributed by atoms with Gasteiger partial charge in [-0.15, -0.1) is 9.24 Å². The lowest BCUT2D eigenvalue weighted by molar-refractivity contribution is -0.115. The third kappa shape index (κ3) is 4.87. The summed E-state index contributed by atoms with van der Waals surface area (Å²) >= 11 is 0. The number of fused-ring (bicyclic) bond motifs is 1.